The van der Waals surface area contributed by atoms with Gasteiger partial charge in [-0.2, -0.15) is 5.10 Å². The number of aryl methyl sites for hydroxylation is 2. The van der Waals surface area contributed by atoms with E-state index in [1.54, 1.807) is 30.2 Å². The van der Waals surface area contributed by atoms with Gasteiger partial charge in [0.1, 0.15) is 5.69 Å². The van der Waals surface area contributed by atoms with E-state index in [1.165, 1.54) is 0 Å². The summed E-state index contributed by atoms with van der Waals surface area (Å²) in [5, 5.41) is 7.00. The van der Waals surface area contributed by atoms with E-state index in [9.17, 15) is 4.79 Å². The summed E-state index contributed by atoms with van der Waals surface area (Å²) >= 11 is 0. The largest absolute Gasteiger partial charge is 0.472 e. The van der Waals surface area contributed by atoms with Crippen molar-refractivity contribution in [2.24, 2.45) is 0 Å². The first-order valence-corrected chi connectivity index (χ1v) is 5.75. The first-order chi connectivity index (χ1) is 8.63. The van der Waals surface area contributed by atoms with E-state index in [0.717, 1.165) is 5.56 Å². The molecule has 0 saturated heterocycles. The summed E-state index contributed by atoms with van der Waals surface area (Å²) in [6.45, 7) is 4.71. The Labute approximate surface area is 105 Å². The van der Waals surface area contributed by atoms with Gasteiger partial charge >= 0.3 is 0 Å². The van der Waals surface area contributed by atoms with Gasteiger partial charge in [0.2, 0.25) is 0 Å². The highest BCUT2D eigenvalue weighted by Crippen LogP contribution is 2.16. The molecule has 0 radical (unpaired) electrons. The standard InChI is InChI=1S/C12H16N4O2/c1-3-16-11(10(13)8(2)15-16)12(17)14-6-9-4-5-18-7-9/h4-5,7H,3,6,13H2,1-2H3,(H,14,17). The van der Waals surface area contributed by atoms with E-state index < -0.39 is 0 Å². The second-order valence-corrected chi connectivity index (χ2v) is 3.98. The van der Waals surface area contributed by atoms with Crippen molar-refractivity contribution in [3.05, 3.63) is 35.5 Å². The van der Waals surface area contributed by atoms with Crippen LogP contribution in [0.5, 0.6) is 0 Å². The number of rotatable bonds is 4. The van der Waals surface area contributed by atoms with Crippen LogP contribution in [0, 0.1) is 6.92 Å². The average Bonchev–Trinajstić information content (AvgIpc) is 2.96. The van der Waals surface area contributed by atoms with Crippen LogP contribution in [-0.2, 0) is 13.1 Å². The number of nitrogens with zero attached hydrogens (tertiary/aromatic N) is 2. The fourth-order valence-corrected chi connectivity index (χ4v) is 1.72. The van der Waals surface area contributed by atoms with Gasteiger partial charge < -0.3 is 15.5 Å². The van der Waals surface area contributed by atoms with Crippen molar-refractivity contribution in [1.82, 2.24) is 15.1 Å². The molecule has 0 aromatic carbocycles. The van der Waals surface area contributed by atoms with Gasteiger partial charge in [0.05, 0.1) is 23.9 Å². The molecule has 6 nitrogen and oxygen atoms in total. The molecule has 0 fully saturated rings. The Hall–Kier alpha value is -2.24. The summed E-state index contributed by atoms with van der Waals surface area (Å²) in [5.41, 5.74) is 8.29. The normalized spacial score (nSPS) is 10.6. The summed E-state index contributed by atoms with van der Waals surface area (Å²) in [6.07, 6.45) is 3.16. The van der Waals surface area contributed by atoms with Gasteiger partial charge in [-0.1, -0.05) is 0 Å². The maximum Gasteiger partial charge on any atom is 0.271 e. The SMILES string of the molecule is CCn1nc(C)c(N)c1C(=O)NCc1ccoc1. The molecule has 0 aliphatic rings. The maximum atomic E-state index is 12.1. The van der Waals surface area contributed by atoms with Crippen LogP contribution in [0.1, 0.15) is 28.7 Å². The number of nitrogen functional groups attached to an aromatic ring is 1. The number of hydrogen-bond donors (Lipinski definition) is 2. The third-order valence-electron chi connectivity index (χ3n) is 2.72. The minimum absolute atomic E-state index is 0.226. The molecule has 1 amide bonds. The Morgan fingerprint density at radius 3 is 3.00 bits per heavy atom. The molecule has 2 rings (SSSR count). The highest BCUT2D eigenvalue weighted by molar-refractivity contribution is 5.97. The molecule has 18 heavy (non-hydrogen) atoms. The Morgan fingerprint density at radius 1 is 1.61 bits per heavy atom. The second kappa shape index (κ2) is 4.95. The van der Waals surface area contributed by atoms with Crippen LogP contribution in [-0.4, -0.2) is 15.7 Å². The molecule has 96 valence electrons. The minimum atomic E-state index is -0.226. The van der Waals surface area contributed by atoms with Gasteiger partial charge in [-0.25, -0.2) is 0 Å². The van der Waals surface area contributed by atoms with Crippen LogP contribution in [0.15, 0.2) is 23.0 Å². The molecular weight excluding hydrogens is 232 g/mol. The van der Waals surface area contributed by atoms with Crippen LogP contribution >= 0.6 is 0 Å². The van der Waals surface area contributed by atoms with Gasteiger partial charge in [0.25, 0.3) is 5.91 Å². The van der Waals surface area contributed by atoms with Gasteiger partial charge in [0.15, 0.2) is 0 Å². The van der Waals surface area contributed by atoms with Gasteiger partial charge in [-0.05, 0) is 19.9 Å². The number of amides is 1. The zero-order chi connectivity index (χ0) is 13.1. The minimum Gasteiger partial charge on any atom is -0.472 e. The van der Waals surface area contributed by atoms with Crippen molar-refractivity contribution in [3.63, 3.8) is 0 Å². The Morgan fingerprint density at radius 2 is 2.39 bits per heavy atom. The van der Waals surface area contributed by atoms with E-state index in [2.05, 4.69) is 10.4 Å². The van der Waals surface area contributed by atoms with Crippen molar-refractivity contribution in [3.8, 4) is 0 Å². The third-order valence-corrected chi connectivity index (χ3v) is 2.72. The quantitative estimate of drug-likeness (QED) is 0.854. The molecule has 0 bridgehead atoms. The summed E-state index contributed by atoms with van der Waals surface area (Å²) in [7, 11) is 0. The Kier molecular flexibility index (Phi) is 3.36. The number of nitrogens with two attached hydrogens (primary N) is 1. The molecule has 6 heteroatoms. The van der Waals surface area contributed by atoms with E-state index in [-0.39, 0.29) is 5.91 Å². The summed E-state index contributed by atoms with van der Waals surface area (Å²) in [5.74, 6) is -0.226. The fraction of sp³-hybridized carbons (Fsp3) is 0.333. The monoisotopic (exact) mass is 248 g/mol. The van der Waals surface area contributed by atoms with Crippen molar-refractivity contribution in [2.75, 3.05) is 5.73 Å². The van der Waals surface area contributed by atoms with Crippen molar-refractivity contribution in [1.29, 1.82) is 0 Å². The lowest BCUT2D eigenvalue weighted by Crippen LogP contribution is -2.26. The number of aromatic nitrogens is 2. The molecule has 0 aliphatic heterocycles. The van der Waals surface area contributed by atoms with Gasteiger partial charge in [0, 0.05) is 18.7 Å². The Bertz CT molecular complexity index is 543. The number of carbonyl (C=O) groups excluding carboxylic acids is 1. The number of nitrogens with one attached hydrogen (secondary N) is 1. The van der Waals surface area contributed by atoms with Crippen LogP contribution in [0.25, 0.3) is 0 Å². The molecule has 0 aliphatic carbocycles. The van der Waals surface area contributed by atoms with Crippen LogP contribution in [0.2, 0.25) is 0 Å². The second-order valence-electron chi connectivity index (χ2n) is 3.98. The highest BCUT2D eigenvalue weighted by Gasteiger charge is 2.18. The molecule has 2 aromatic rings. The van der Waals surface area contributed by atoms with E-state index >= 15 is 0 Å². The van der Waals surface area contributed by atoms with Crippen LogP contribution in [0.3, 0.4) is 0 Å². The predicted molar refractivity (Wildman–Crippen MR) is 66.9 cm³/mol. The van der Waals surface area contributed by atoms with E-state index in [4.69, 9.17) is 10.2 Å². The predicted octanol–water partition coefficient (Wildman–Crippen LogP) is 1.32. The number of hydrogen-bond acceptors (Lipinski definition) is 4. The fourth-order valence-electron chi connectivity index (χ4n) is 1.72. The van der Waals surface area contributed by atoms with Crippen molar-refractivity contribution in [2.45, 2.75) is 26.9 Å². The van der Waals surface area contributed by atoms with Gasteiger partial charge in [-0.15, -0.1) is 0 Å². The molecule has 2 heterocycles. The lowest BCUT2D eigenvalue weighted by molar-refractivity contribution is 0.0941. The lowest BCUT2D eigenvalue weighted by atomic mass is 10.2. The van der Waals surface area contributed by atoms with Crippen molar-refractivity contribution < 1.29 is 9.21 Å². The topological polar surface area (TPSA) is 86.1 Å². The third kappa shape index (κ3) is 2.22. The first kappa shape index (κ1) is 12.2. The highest BCUT2D eigenvalue weighted by atomic mass is 16.3. The van der Waals surface area contributed by atoms with E-state index in [0.29, 0.717) is 30.2 Å². The zero-order valence-corrected chi connectivity index (χ0v) is 10.4. The first-order valence-electron chi connectivity index (χ1n) is 5.75. The molecular formula is C12H16N4O2. The summed E-state index contributed by atoms with van der Waals surface area (Å²) < 4.78 is 6.54. The number of anilines is 1. The molecule has 0 spiro atoms. The molecule has 2 aromatic heterocycles. The molecule has 0 atom stereocenters. The molecule has 0 saturated carbocycles. The molecule has 0 unspecified atom stereocenters. The Balaban J connectivity index is 2.13. The van der Waals surface area contributed by atoms with Crippen molar-refractivity contribution >= 4 is 11.6 Å². The maximum absolute atomic E-state index is 12.1. The number of furan rings is 1. The number of carbonyl (C=O) groups is 1. The zero-order valence-electron chi connectivity index (χ0n) is 10.4. The summed E-state index contributed by atoms with van der Waals surface area (Å²) in [6, 6.07) is 1.80. The molecule has 3 N–H and O–H groups in total. The summed E-state index contributed by atoms with van der Waals surface area (Å²) in [4.78, 5) is 12.1. The van der Waals surface area contributed by atoms with Gasteiger partial charge in [-0.3, -0.25) is 9.48 Å². The van der Waals surface area contributed by atoms with E-state index in [1.807, 2.05) is 6.92 Å². The van der Waals surface area contributed by atoms with Crippen LogP contribution in [0.4, 0.5) is 5.69 Å². The smallest absolute Gasteiger partial charge is 0.271 e. The average molecular weight is 248 g/mol. The lowest BCUT2D eigenvalue weighted by Gasteiger charge is -2.06. The van der Waals surface area contributed by atoms with Crippen LogP contribution < -0.4 is 11.1 Å².